The second-order valence-electron chi connectivity index (χ2n) is 4.07. The summed E-state index contributed by atoms with van der Waals surface area (Å²) < 4.78 is 5.22. The van der Waals surface area contributed by atoms with Crippen molar-refractivity contribution in [2.24, 2.45) is 5.73 Å². The Kier molecular flexibility index (Phi) is 3.69. The van der Waals surface area contributed by atoms with Gasteiger partial charge in [0.15, 0.2) is 0 Å². The Morgan fingerprint density at radius 1 is 1.44 bits per heavy atom. The van der Waals surface area contributed by atoms with Gasteiger partial charge in [0.2, 0.25) is 0 Å². The summed E-state index contributed by atoms with van der Waals surface area (Å²) in [5.41, 5.74) is 8.21. The molecule has 0 saturated heterocycles. The van der Waals surface area contributed by atoms with Crippen LogP contribution in [0.1, 0.15) is 11.1 Å². The highest BCUT2D eigenvalue weighted by atomic mass is 35.5. The molecule has 16 heavy (non-hydrogen) atoms. The Balaban J connectivity index is 2.22. The SMILES string of the molecule is COc1cc2c(cc1Cl)CN(CCN)CC2. The van der Waals surface area contributed by atoms with Gasteiger partial charge in [-0.25, -0.2) is 0 Å². The van der Waals surface area contributed by atoms with Gasteiger partial charge in [0, 0.05) is 26.2 Å². The molecule has 0 atom stereocenters. The van der Waals surface area contributed by atoms with Crippen LogP contribution in [0.2, 0.25) is 5.02 Å². The van der Waals surface area contributed by atoms with E-state index in [-0.39, 0.29) is 0 Å². The number of ether oxygens (including phenoxy) is 1. The summed E-state index contributed by atoms with van der Waals surface area (Å²) in [4.78, 5) is 2.35. The molecule has 0 aliphatic carbocycles. The van der Waals surface area contributed by atoms with Crippen molar-refractivity contribution < 1.29 is 4.74 Å². The molecule has 0 unspecified atom stereocenters. The zero-order valence-corrected chi connectivity index (χ0v) is 10.3. The van der Waals surface area contributed by atoms with Gasteiger partial charge in [-0.05, 0) is 29.7 Å². The third-order valence-corrected chi connectivity index (χ3v) is 3.31. The number of methoxy groups -OCH3 is 1. The summed E-state index contributed by atoms with van der Waals surface area (Å²) in [5, 5.41) is 0.691. The number of halogens is 1. The first kappa shape index (κ1) is 11.7. The van der Waals surface area contributed by atoms with E-state index in [9.17, 15) is 0 Å². The zero-order valence-electron chi connectivity index (χ0n) is 9.50. The van der Waals surface area contributed by atoms with E-state index in [0.717, 1.165) is 31.8 Å². The molecule has 0 spiro atoms. The monoisotopic (exact) mass is 240 g/mol. The summed E-state index contributed by atoms with van der Waals surface area (Å²) in [5.74, 6) is 0.771. The molecule has 1 aliphatic heterocycles. The Hall–Kier alpha value is -0.770. The minimum absolute atomic E-state index is 0.691. The molecule has 0 radical (unpaired) electrons. The number of fused-ring (bicyclic) bond motifs is 1. The molecule has 1 aromatic rings. The predicted molar refractivity (Wildman–Crippen MR) is 66.0 cm³/mol. The molecule has 1 heterocycles. The second kappa shape index (κ2) is 5.04. The van der Waals surface area contributed by atoms with E-state index in [4.69, 9.17) is 22.1 Å². The molecule has 2 rings (SSSR count). The largest absolute Gasteiger partial charge is 0.495 e. The van der Waals surface area contributed by atoms with Crippen LogP contribution in [0, 0.1) is 0 Å². The molecule has 3 nitrogen and oxygen atoms in total. The molecule has 0 fully saturated rings. The lowest BCUT2D eigenvalue weighted by molar-refractivity contribution is 0.261. The van der Waals surface area contributed by atoms with Crippen LogP contribution in [0.25, 0.3) is 0 Å². The van der Waals surface area contributed by atoms with Gasteiger partial charge in [0.1, 0.15) is 5.75 Å². The molecule has 1 aromatic carbocycles. The van der Waals surface area contributed by atoms with Crippen LogP contribution < -0.4 is 10.5 Å². The summed E-state index contributed by atoms with van der Waals surface area (Å²) in [6, 6.07) is 4.07. The minimum atomic E-state index is 0.691. The van der Waals surface area contributed by atoms with Crippen LogP contribution in [-0.4, -0.2) is 31.6 Å². The van der Waals surface area contributed by atoms with E-state index < -0.39 is 0 Å². The fraction of sp³-hybridized carbons (Fsp3) is 0.500. The first-order valence-corrected chi connectivity index (χ1v) is 5.90. The molecule has 0 saturated carbocycles. The maximum Gasteiger partial charge on any atom is 0.137 e. The fourth-order valence-electron chi connectivity index (χ4n) is 2.14. The molecular weight excluding hydrogens is 224 g/mol. The van der Waals surface area contributed by atoms with Crippen LogP contribution in [0.4, 0.5) is 0 Å². The molecule has 0 bridgehead atoms. The summed E-state index contributed by atoms with van der Waals surface area (Å²) in [7, 11) is 1.65. The first-order chi connectivity index (χ1) is 7.74. The Labute approximate surface area is 101 Å². The van der Waals surface area contributed by atoms with E-state index in [0.29, 0.717) is 11.6 Å². The van der Waals surface area contributed by atoms with Crippen LogP contribution in [0.5, 0.6) is 5.75 Å². The molecule has 0 amide bonds. The van der Waals surface area contributed by atoms with Gasteiger partial charge in [-0.2, -0.15) is 0 Å². The molecule has 1 aliphatic rings. The maximum atomic E-state index is 6.12. The molecule has 0 aromatic heterocycles. The predicted octanol–water partition coefficient (Wildman–Crippen LogP) is 1.67. The summed E-state index contributed by atoms with van der Waals surface area (Å²) in [6.45, 7) is 3.66. The number of benzene rings is 1. The zero-order chi connectivity index (χ0) is 11.5. The van der Waals surface area contributed by atoms with E-state index in [2.05, 4.69) is 11.0 Å². The Morgan fingerprint density at radius 2 is 2.25 bits per heavy atom. The first-order valence-electron chi connectivity index (χ1n) is 5.52. The van der Waals surface area contributed by atoms with Crippen LogP contribution in [-0.2, 0) is 13.0 Å². The minimum Gasteiger partial charge on any atom is -0.495 e. The van der Waals surface area contributed by atoms with Crippen LogP contribution in [0.15, 0.2) is 12.1 Å². The quantitative estimate of drug-likeness (QED) is 0.874. The van der Waals surface area contributed by atoms with Crippen molar-refractivity contribution in [2.45, 2.75) is 13.0 Å². The van der Waals surface area contributed by atoms with Crippen molar-refractivity contribution in [2.75, 3.05) is 26.7 Å². The van der Waals surface area contributed by atoms with Crippen molar-refractivity contribution in [1.82, 2.24) is 4.90 Å². The van der Waals surface area contributed by atoms with Crippen molar-refractivity contribution in [3.05, 3.63) is 28.3 Å². The lowest BCUT2D eigenvalue weighted by Gasteiger charge is -2.28. The van der Waals surface area contributed by atoms with E-state index in [1.165, 1.54) is 11.1 Å². The van der Waals surface area contributed by atoms with Gasteiger partial charge in [-0.15, -0.1) is 0 Å². The van der Waals surface area contributed by atoms with Crippen molar-refractivity contribution in [1.29, 1.82) is 0 Å². The number of hydrogen-bond donors (Lipinski definition) is 1. The number of nitrogens with two attached hydrogens (primary N) is 1. The lowest BCUT2D eigenvalue weighted by Crippen LogP contribution is -2.34. The van der Waals surface area contributed by atoms with Crippen molar-refractivity contribution in [3.63, 3.8) is 0 Å². The highest BCUT2D eigenvalue weighted by molar-refractivity contribution is 6.32. The van der Waals surface area contributed by atoms with E-state index in [1.807, 2.05) is 6.07 Å². The molecule has 4 heteroatoms. The average molecular weight is 241 g/mol. The summed E-state index contributed by atoms with van der Waals surface area (Å²) in [6.07, 6.45) is 1.04. The normalized spacial score (nSPS) is 15.9. The highest BCUT2D eigenvalue weighted by Gasteiger charge is 2.17. The van der Waals surface area contributed by atoms with Crippen LogP contribution in [0.3, 0.4) is 0 Å². The summed E-state index contributed by atoms with van der Waals surface area (Å²) >= 11 is 6.12. The number of rotatable bonds is 3. The number of nitrogens with zero attached hydrogens (tertiary/aromatic N) is 1. The molecule has 88 valence electrons. The van der Waals surface area contributed by atoms with E-state index >= 15 is 0 Å². The second-order valence-corrected chi connectivity index (χ2v) is 4.48. The smallest absolute Gasteiger partial charge is 0.137 e. The standard InChI is InChI=1S/C12H17ClN2O/c1-16-12-7-9-2-4-15(5-3-14)8-10(9)6-11(12)13/h6-7H,2-5,8,14H2,1H3. The number of hydrogen-bond acceptors (Lipinski definition) is 3. The third-order valence-electron chi connectivity index (χ3n) is 3.01. The van der Waals surface area contributed by atoms with Crippen LogP contribution >= 0.6 is 11.6 Å². The van der Waals surface area contributed by atoms with Gasteiger partial charge < -0.3 is 10.5 Å². The Morgan fingerprint density at radius 3 is 2.94 bits per heavy atom. The van der Waals surface area contributed by atoms with E-state index in [1.54, 1.807) is 7.11 Å². The van der Waals surface area contributed by atoms with Crippen molar-refractivity contribution in [3.8, 4) is 5.75 Å². The van der Waals surface area contributed by atoms with Gasteiger partial charge in [0.25, 0.3) is 0 Å². The van der Waals surface area contributed by atoms with Gasteiger partial charge in [-0.3, -0.25) is 4.90 Å². The lowest BCUT2D eigenvalue weighted by atomic mass is 9.99. The van der Waals surface area contributed by atoms with Gasteiger partial charge >= 0.3 is 0 Å². The fourth-order valence-corrected chi connectivity index (χ4v) is 2.41. The highest BCUT2D eigenvalue weighted by Crippen LogP contribution is 2.30. The Bertz CT molecular complexity index is 382. The van der Waals surface area contributed by atoms with Gasteiger partial charge in [0.05, 0.1) is 12.1 Å². The topological polar surface area (TPSA) is 38.5 Å². The maximum absolute atomic E-state index is 6.12. The van der Waals surface area contributed by atoms with Crippen molar-refractivity contribution >= 4 is 11.6 Å². The average Bonchev–Trinajstić information content (AvgIpc) is 2.28. The third kappa shape index (κ3) is 2.32. The molecular formula is C12H17ClN2O. The van der Waals surface area contributed by atoms with Gasteiger partial charge in [-0.1, -0.05) is 11.6 Å². The molecule has 2 N–H and O–H groups in total.